The fourth-order valence-corrected chi connectivity index (χ4v) is 4.93. The molecule has 6 rings (SSSR count). The smallest absolute Gasteiger partial charge is 0.234 e. The topological polar surface area (TPSA) is 30.7 Å². The molecule has 2 aromatic heterocycles. The summed E-state index contributed by atoms with van der Waals surface area (Å²) in [5.41, 5.74) is 7.64. The third-order valence-corrected chi connectivity index (χ3v) is 6.10. The number of hydrogen-bond acceptors (Lipinski definition) is 2. The van der Waals surface area contributed by atoms with Gasteiger partial charge < -0.3 is 0 Å². The maximum atomic E-state index is 4.60. The molecule has 3 aromatic carbocycles. The third kappa shape index (κ3) is 1.83. The van der Waals surface area contributed by atoms with Crippen molar-refractivity contribution in [2.45, 2.75) is 19.3 Å². The van der Waals surface area contributed by atoms with Gasteiger partial charge in [-0.1, -0.05) is 68.4 Å². The number of rotatable bonds is 1. The highest BCUT2D eigenvalue weighted by Gasteiger charge is 2.38. The van der Waals surface area contributed by atoms with E-state index in [4.69, 9.17) is 0 Å². The van der Waals surface area contributed by atoms with Crippen LogP contribution in [-0.4, -0.2) is 14.5 Å². The predicted molar refractivity (Wildman–Crippen MR) is 114 cm³/mol. The summed E-state index contributed by atoms with van der Waals surface area (Å²) >= 11 is 0. The fraction of sp³-hybridized carbons (Fsp3) is 0.120. The number of aromatic nitrogens is 3. The minimum absolute atomic E-state index is 0.0909. The van der Waals surface area contributed by atoms with Crippen LogP contribution in [0.4, 0.5) is 0 Å². The van der Waals surface area contributed by atoms with E-state index in [-0.39, 0.29) is 5.41 Å². The van der Waals surface area contributed by atoms with Crippen molar-refractivity contribution in [2.75, 3.05) is 0 Å². The second-order valence-electron chi connectivity index (χ2n) is 7.96. The van der Waals surface area contributed by atoms with Gasteiger partial charge in [0, 0.05) is 28.6 Å². The van der Waals surface area contributed by atoms with E-state index in [9.17, 15) is 0 Å². The molecule has 134 valence electrons. The Morgan fingerprint density at radius 2 is 1.46 bits per heavy atom. The number of fused-ring (bicyclic) bond motifs is 7. The Balaban J connectivity index is 1.86. The highest BCUT2D eigenvalue weighted by atomic mass is 15.1. The van der Waals surface area contributed by atoms with Gasteiger partial charge >= 0.3 is 0 Å². The average Bonchev–Trinajstić information content (AvgIpc) is 3.19. The summed E-state index contributed by atoms with van der Waals surface area (Å²) in [5.74, 6) is 0.717. The summed E-state index contributed by atoms with van der Waals surface area (Å²) in [6.07, 6.45) is 3.62. The van der Waals surface area contributed by atoms with Crippen molar-refractivity contribution in [1.82, 2.24) is 14.5 Å². The van der Waals surface area contributed by atoms with E-state index in [0.717, 1.165) is 5.52 Å². The lowest BCUT2D eigenvalue weighted by molar-refractivity contribution is 0.663. The molecule has 3 nitrogen and oxygen atoms in total. The van der Waals surface area contributed by atoms with Crippen molar-refractivity contribution in [3.63, 3.8) is 0 Å². The van der Waals surface area contributed by atoms with Gasteiger partial charge in [-0.25, -0.2) is 9.97 Å². The average molecular weight is 361 g/mol. The minimum Gasteiger partial charge on any atom is -0.278 e. The second kappa shape index (κ2) is 5.29. The number of para-hydroxylation sites is 1. The Kier molecular flexibility index (Phi) is 2.95. The van der Waals surface area contributed by atoms with Crippen LogP contribution in [0.1, 0.15) is 25.0 Å². The summed E-state index contributed by atoms with van der Waals surface area (Å²) in [5, 5.41) is 2.49. The molecule has 0 unspecified atom stereocenters. The lowest BCUT2D eigenvalue weighted by Gasteiger charge is -2.23. The summed E-state index contributed by atoms with van der Waals surface area (Å²) < 4.78 is 2.23. The zero-order valence-electron chi connectivity index (χ0n) is 15.8. The molecule has 0 saturated carbocycles. The number of hydrogen-bond donors (Lipinski definition) is 0. The van der Waals surface area contributed by atoms with E-state index in [0.29, 0.717) is 5.95 Å². The van der Waals surface area contributed by atoms with E-state index >= 15 is 0 Å². The van der Waals surface area contributed by atoms with Crippen LogP contribution in [-0.2, 0) is 5.41 Å². The first-order valence-electron chi connectivity index (χ1n) is 9.62. The molecule has 5 aromatic rings. The van der Waals surface area contributed by atoms with Crippen LogP contribution >= 0.6 is 0 Å². The van der Waals surface area contributed by atoms with Crippen LogP contribution in [0.5, 0.6) is 0 Å². The molecule has 0 spiro atoms. The highest BCUT2D eigenvalue weighted by Crippen LogP contribution is 2.52. The van der Waals surface area contributed by atoms with Crippen LogP contribution in [0.15, 0.2) is 79.1 Å². The summed E-state index contributed by atoms with van der Waals surface area (Å²) in [4.78, 5) is 9.19. The van der Waals surface area contributed by atoms with Gasteiger partial charge in [0.05, 0.1) is 11.0 Å². The van der Waals surface area contributed by atoms with Gasteiger partial charge in [0.15, 0.2) is 0 Å². The fourth-order valence-electron chi connectivity index (χ4n) is 4.93. The molecule has 0 fully saturated rings. The molecule has 0 saturated heterocycles. The molecule has 0 atom stereocenters. The molecule has 0 aliphatic heterocycles. The van der Waals surface area contributed by atoms with E-state index in [1.165, 1.54) is 38.5 Å². The molecule has 28 heavy (non-hydrogen) atoms. The van der Waals surface area contributed by atoms with Crippen LogP contribution in [0.3, 0.4) is 0 Å². The van der Waals surface area contributed by atoms with E-state index in [2.05, 4.69) is 89.0 Å². The molecule has 0 N–H and O–H groups in total. The molecule has 1 aliphatic rings. The van der Waals surface area contributed by atoms with Gasteiger partial charge in [0.25, 0.3) is 0 Å². The minimum atomic E-state index is -0.0909. The maximum Gasteiger partial charge on any atom is 0.234 e. The molecule has 1 aliphatic carbocycles. The molecule has 0 amide bonds. The van der Waals surface area contributed by atoms with Crippen molar-refractivity contribution in [2.24, 2.45) is 0 Å². The zero-order chi connectivity index (χ0) is 18.9. The number of benzene rings is 3. The lowest BCUT2D eigenvalue weighted by atomic mass is 9.81. The van der Waals surface area contributed by atoms with Crippen LogP contribution in [0.2, 0.25) is 0 Å². The van der Waals surface area contributed by atoms with Crippen LogP contribution < -0.4 is 0 Å². The van der Waals surface area contributed by atoms with Gasteiger partial charge in [-0.2, -0.15) is 0 Å². The maximum absolute atomic E-state index is 4.60. The van der Waals surface area contributed by atoms with Crippen molar-refractivity contribution in [3.8, 4) is 17.1 Å². The lowest BCUT2D eigenvalue weighted by Crippen LogP contribution is -2.16. The first-order chi connectivity index (χ1) is 13.7. The van der Waals surface area contributed by atoms with Crippen LogP contribution in [0, 0.1) is 0 Å². The van der Waals surface area contributed by atoms with Crippen LogP contribution in [0.25, 0.3) is 38.9 Å². The van der Waals surface area contributed by atoms with Gasteiger partial charge in [-0.05, 0) is 34.4 Å². The van der Waals surface area contributed by atoms with Gasteiger partial charge in [-0.3, -0.25) is 4.57 Å². The van der Waals surface area contributed by atoms with E-state index in [1.54, 1.807) is 0 Å². The molecule has 3 heteroatoms. The summed E-state index contributed by atoms with van der Waals surface area (Å²) in [7, 11) is 0. The monoisotopic (exact) mass is 361 g/mol. The number of nitrogens with zero attached hydrogens (tertiary/aromatic N) is 3. The predicted octanol–water partition coefficient (Wildman–Crippen LogP) is 5.88. The standard InChI is InChI=1S/C25H19N3/c1-25(2)20-10-5-3-8-16(20)18-12-13-19-17-9-4-6-11-21(17)28(23(19)22(18)25)24-26-14-7-15-27-24/h3-15H,1-2H3. The van der Waals surface area contributed by atoms with Gasteiger partial charge in [0.2, 0.25) is 5.95 Å². The Hall–Kier alpha value is -3.46. The van der Waals surface area contributed by atoms with Crippen molar-refractivity contribution < 1.29 is 0 Å². The van der Waals surface area contributed by atoms with Crippen molar-refractivity contribution in [1.29, 1.82) is 0 Å². The van der Waals surface area contributed by atoms with Gasteiger partial charge in [-0.15, -0.1) is 0 Å². The van der Waals surface area contributed by atoms with E-state index in [1.807, 2.05) is 18.5 Å². The Morgan fingerprint density at radius 3 is 2.32 bits per heavy atom. The quantitative estimate of drug-likeness (QED) is 0.373. The molecular weight excluding hydrogens is 342 g/mol. The molecule has 0 bridgehead atoms. The second-order valence-corrected chi connectivity index (χ2v) is 7.96. The Labute approximate surface area is 163 Å². The first kappa shape index (κ1) is 15.6. The highest BCUT2D eigenvalue weighted by molar-refractivity contribution is 6.12. The normalized spacial score (nSPS) is 14.4. The molecule has 0 radical (unpaired) electrons. The molecular formula is C25H19N3. The van der Waals surface area contributed by atoms with Crippen molar-refractivity contribution >= 4 is 21.8 Å². The molecule has 2 heterocycles. The Bertz CT molecular complexity index is 1380. The van der Waals surface area contributed by atoms with Crippen molar-refractivity contribution in [3.05, 3.63) is 90.3 Å². The summed E-state index contributed by atoms with van der Waals surface area (Å²) in [6, 6.07) is 23.7. The Morgan fingerprint density at radius 1 is 0.714 bits per heavy atom. The van der Waals surface area contributed by atoms with Gasteiger partial charge in [0.1, 0.15) is 0 Å². The third-order valence-electron chi connectivity index (χ3n) is 6.10. The zero-order valence-corrected chi connectivity index (χ0v) is 15.8. The van der Waals surface area contributed by atoms with E-state index < -0.39 is 0 Å². The summed E-state index contributed by atoms with van der Waals surface area (Å²) in [6.45, 7) is 4.65. The SMILES string of the molecule is CC1(C)c2ccccc2-c2ccc3c4ccccc4n(-c4ncccn4)c3c21. The largest absolute Gasteiger partial charge is 0.278 e. The first-order valence-corrected chi connectivity index (χ1v) is 9.62.